The first-order valence-electron chi connectivity index (χ1n) is 5.01. The Bertz CT molecular complexity index is 162. The summed E-state index contributed by atoms with van der Waals surface area (Å²) in [6.07, 6.45) is 4.33. The number of hydrogen-bond acceptors (Lipinski definition) is 3. The highest BCUT2D eigenvalue weighted by Gasteiger charge is 2.01. The van der Waals surface area contributed by atoms with E-state index in [1.165, 1.54) is 0 Å². The molecule has 0 saturated carbocycles. The molecule has 0 heterocycles. The van der Waals surface area contributed by atoms with E-state index in [9.17, 15) is 0 Å². The molecule has 0 bridgehead atoms. The highest BCUT2D eigenvalue weighted by atomic mass is 15.1. The number of rotatable bonds is 7. The van der Waals surface area contributed by atoms with Crippen LogP contribution in [0.25, 0.3) is 0 Å². The minimum Gasteiger partial charge on any atom is -0.309 e. The first kappa shape index (κ1) is 12.3. The summed E-state index contributed by atoms with van der Waals surface area (Å²) >= 11 is 0. The van der Waals surface area contributed by atoms with Crippen LogP contribution in [-0.4, -0.2) is 19.3 Å². The standard InChI is InChI=1S/C10H21N3/c1-9(2)10(11)7-5-4-6-8-13-12-3/h9,11H,4-8H2,1-3H3. The van der Waals surface area contributed by atoms with Crippen LogP contribution >= 0.6 is 0 Å². The molecule has 0 aliphatic carbocycles. The van der Waals surface area contributed by atoms with Gasteiger partial charge in [-0.1, -0.05) is 20.3 Å². The predicted molar refractivity (Wildman–Crippen MR) is 56.7 cm³/mol. The molecule has 0 rings (SSSR count). The molecule has 76 valence electrons. The van der Waals surface area contributed by atoms with E-state index in [1.54, 1.807) is 7.05 Å². The van der Waals surface area contributed by atoms with Gasteiger partial charge in [0.1, 0.15) is 0 Å². The fourth-order valence-electron chi connectivity index (χ4n) is 1.06. The highest BCUT2D eigenvalue weighted by molar-refractivity contribution is 5.82. The van der Waals surface area contributed by atoms with Gasteiger partial charge in [-0.15, -0.1) is 0 Å². The maximum absolute atomic E-state index is 7.62. The summed E-state index contributed by atoms with van der Waals surface area (Å²) in [7, 11) is 1.70. The van der Waals surface area contributed by atoms with Crippen LogP contribution in [0.4, 0.5) is 0 Å². The Morgan fingerprint density at radius 2 is 1.92 bits per heavy atom. The van der Waals surface area contributed by atoms with Crippen molar-refractivity contribution in [3.8, 4) is 0 Å². The maximum atomic E-state index is 7.62. The first-order valence-corrected chi connectivity index (χ1v) is 5.01. The number of nitrogens with zero attached hydrogens (tertiary/aromatic N) is 2. The summed E-state index contributed by atoms with van der Waals surface area (Å²) in [6.45, 7) is 4.99. The van der Waals surface area contributed by atoms with Gasteiger partial charge in [-0.2, -0.15) is 10.2 Å². The van der Waals surface area contributed by atoms with Crippen molar-refractivity contribution < 1.29 is 0 Å². The molecule has 3 heteroatoms. The predicted octanol–water partition coefficient (Wildman–Crippen LogP) is 3.30. The maximum Gasteiger partial charge on any atom is 0.0598 e. The Hall–Kier alpha value is -0.730. The molecule has 13 heavy (non-hydrogen) atoms. The van der Waals surface area contributed by atoms with Gasteiger partial charge < -0.3 is 5.41 Å². The lowest BCUT2D eigenvalue weighted by Crippen LogP contribution is -2.05. The lowest BCUT2D eigenvalue weighted by atomic mass is 10.0. The molecule has 0 fully saturated rings. The second kappa shape index (κ2) is 7.90. The molecule has 0 spiro atoms. The average Bonchev–Trinajstić information content (AvgIpc) is 2.10. The van der Waals surface area contributed by atoms with E-state index in [4.69, 9.17) is 5.41 Å². The van der Waals surface area contributed by atoms with E-state index in [2.05, 4.69) is 24.1 Å². The molecule has 0 aromatic carbocycles. The molecule has 0 aromatic heterocycles. The monoisotopic (exact) mass is 183 g/mol. The van der Waals surface area contributed by atoms with Gasteiger partial charge in [0, 0.05) is 12.8 Å². The SMILES string of the molecule is CN=NCCCCCC(=N)C(C)C. The van der Waals surface area contributed by atoms with E-state index in [-0.39, 0.29) is 0 Å². The van der Waals surface area contributed by atoms with Gasteiger partial charge >= 0.3 is 0 Å². The molecule has 0 aliphatic rings. The number of azo groups is 1. The second-order valence-corrected chi connectivity index (χ2v) is 3.56. The largest absolute Gasteiger partial charge is 0.309 e. The van der Waals surface area contributed by atoms with E-state index in [1.807, 2.05) is 0 Å². The second-order valence-electron chi connectivity index (χ2n) is 3.56. The summed E-state index contributed by atoms with van der Waals surface area (Å²) in [5.74, 6) is 0.412. The minimum absolute atomic E-state index is 0.412. The van der Waals surface area contributed by atoms with E-state index in [0.717, 1.165) is 37.9 Å². The number of unbranched alkanes of at least 4 members (excludes halogenated alkanes) is 2. The third kappa shape index (κ3) is 7.62. The molecule has 1 N–H and O–H groups in total. The van der Waals surface area contributed by atoms with Crippen LogP contribution in [-0.2, 0) is 0 Å². The van der Waals surface area contributed by atoms with Crippen molar-refractivity contribution in [3.05, 3.63) is 0 Å². The average molecular weight is 183 g/mol. The van der Waals surface area contributed by atoms with Crippen molar-refractivity contribution in [2.45, 2.75) is 39.5 Å². The van der Waals surface area contributed by atoms with Crippen molar-refractivity contribution >= 4 is 5.71 Å². The van der Waals surface area contributed by atoms with Crippen LogP contribution in [0.2, 0.25) is 0 Å². The van der Waals surface area contributed by atoms with Crippen molar-refractivity contribution in [2.75, 3.05) is 13.6 Å². The van der Waals surface area contributed by atoms with Crippen LogP contribution in [0.5, 0.6) is 0 Å². The van der Waals surface area contributed by atoms with E-state index < -0.39 is 0 Å². The van der Waals surface area contributed by atoms with Gasteiger partial charge in [0.25, 0.3) is 0 Å². The number of hydrogen-bond donors (Lipinski definition) is 1. The zero-order chi connectivity index (χ0) is 10.1. The fraction of sp³-hybridized carbons (Fsp3) is 0.900. The molecule has 0 saturated heterocycles. The van der Waals surface area contributed by atoms with Crippen LogP contribution in [0.3, 0.4) is 0 Å². The van der Waals surface area contributed by atoms with Gasteiger partial charge in [0.2, 0.25) is 0 Å². The zero-order valence-electron chi connectivity index (χ0n) is 9.01. The van der Waals surface area contributed by atoms with Crippen molar-refractivity contribution in [3.63, 3.8) is 0 Å². The smallest absolute Gasteiger partial charge is 0.0598 e. The normalized spacial score (nSPS) is 11.4. The van der Waals surface area contributed by atoms with Crippen molar-refractivity contribution in [1.82, 2.24) is 0 Å². The van der Waals surface area contributed by atoms with Crippen LogP contribution in [0, 0.1) is 11.3 Å². The number of nitrogens with one attached hydrogen (secondary N) is 1. The third-order valence-electron chi connectivity index (χ3n) is 2.04. The molecule has 0 aromatic rings. The van der Waals surface area contributed by atoms with Crippen LogP contribution in [0.15, 0.2) is 10.2 Å². The summed E-state index contributed by atoms with van der Waals surface area (Å²) in [4.78, 5) is 0. The topological polar surface area (TPSA) is 48.6 Å². The van der Waals surface area contributed by atoms with Crippen molar-refractivity contribution in [2.24, 2.45) is 16.1 Å². The van der Waals surface area contributed by atoms with Gasteiger partial charge in [-0.3, -0.25) is 0 Å². The molecule has 0 amide bonds. The third-order valence-corrected chi connectivity index (χ3v) is 2.04. The summed E-state index contributed by atoms with van der Waals surface area (Å²) < 4.78 is 0. The molecular formula is C10H21N3. The molecule has 0 aliphatic heterocycles. The minimum atomic E-state index is 0.412. The molecular weight excluding hydrogens is 162 g/mol. The summed E-state index contributed by atoms with van der Waals surface area (Å²) in [5.41, 5.74) is 0.872. The van der Waals surface area contributed by atoms with Crippen molar-refractivity contribution in [1.29, 1.82) is 5.41 Å². The van der Waals surface area contributed by atoms with Gasteiger partial charge in [0.15, 0.2) is 0 Å². The van der Waals surface area contributed by atoms with Gasteiger partial charge in [-0.05, 0) is 25.2 Å². The summed E-state index contributed by atoms with van der Waals surface area (Å²) in [6, 6.07) is 0. The Kier molecular flexibility index (Phi) is 7.45. The molecule has 0 radical (unpaired) electrons. The Morgan fingerprint density at radius 3 is 2.46 bits per heavy atom. The van der Waals surface area contributed by atoms with Gasteiger partial charge in [0.05, 0.1) is 6.54 Å². The molecule has 0 atom stereocenters. The Labute approximate surface area is 81.2 Å². The first-order chi connectivity index (χ1) is 6.18. The zero-order valence-corrected chi connectivity index (χ0v) is 9.01. The van der Waals surface area contributed by atoms with E-state index in [0.29, 0.717) is 5.92 Å². The van der Waals surface area contributed by atoms with Crippen LogP contribution < -0.4 is 0 Å². The molecule has 0 unspecified atom stereocenters. The highest BCUT2D eigenvalue weighted by Crippen LogP contribution is 2.06. The van der Waals surface area contributed by atoms with Gasteiger partial charge in [-0.25, -0.2) is 0 Å². The molecule has 3 nitrogen and oxygen atoms in total. The lowest BCUT2D eigenvalue weighted by Gasteiger charge is -2.05. The lowest BCUT2D eigenvalue weighted by molar-refractivity contribution is 0.678. The quantitative estimate of drug-likeness (QED) is 0.357. The Balaban J connectivity index is 3.21. The van der Waals surface area contributed by atoms with E-state index >= 15 is 0 Å². The fourth-order valence-corrected chi connectivity index (χ4v) is 1.06. The van der Waals surface area contributed by atoms with Crippen LogP contribution in [0.1, 0.15) is 39.5 Å². The summed E-state index contributed by atoms with van der Waals surface area (Å²) in [5, 5.41) is 15.2. The Morgan fingerprint density at radius 1 is 1.23 bits per heavy atom.